The molecule has 0 saturated carbocycles. The molecule has 2 unspecified atom stereocenters. The molecule has 4 aliphatic rings. The minimum atomic E-state index is -0.773. The van der Waals surface area contributed by atoms with Crippen LogP contribution in [0.15, 0.2) is 22.9 Å². The summed E-state index contributed by atoms with van der Waals surface area (Å²) in [4.78, 5) is 37.6. The lowest BCUT2D eigenvalue weighted by atomic mass is 9.80. The van der Waals surface area contributed by atoms with Crippen LogP contribution in [0.5, 0.6) is 0 Å². The van der Waals surface area contributed by atoms with Gasteiger partial charge in [0, 0.05) is 20.9 Å². The van der Waals surface area contributed by atoms with Crippen LogP contribution < -0.4 is 21.3 Å². The molecule has 156 valence electrons. The Morgan fingerprint density at radius 3 is 1.80 bits per heavy atom. The van der Waals surface area contributed by atoms with Crippen LogP contribution in [0.25, 0.3) is 0 Å². The molecule has 2 saturated heterocycles. The standard InChI is InChI=1S/C10H10N2O2S.C10H10N2OS2/c2*13-8-10(12-9(14)11-8)4-1-2-7-6(10)3-5-15-7/h2*3,5H,1-2,4H2,(H2,11,12,13,14). The molecule has 2 fully saturated rings. The number of imide groups is 1. The Labute approximate surface area is 186 Å². The molecule has 6 rings (SSSR count). The number of hydrogen-bond acceptors (Lipinski definition) is 6. The first-order valence-corrected chi connectivity index (χ1v) is 12.0. The molecule has 10 heteroatoms. The molecule has 2 spiro atoms. The van der Waals surface area contributed by atoms with E-state index in [1.165, 1.54) is 9.75 Å². The second kappa shape index (κ2) is 7.14. The summed E-state index contributed by atoms with van der Waals surface area (Å²) in [6, 6.07) is 3.61. The number of thiophene rings is 2. The van der Waals surface area contributed by atoms with Gasteiger partial charge in [-0.25, -0.2) is 4.79 Å². The second-order valence-corrected chi connectivity index (χ2v) is 10.3. The molecule has 0 radical (unpaired) electrons. The van der Waals surface area contributed by atoms with E-state index in [4.69, 9.17) is 12.2 Å². The average molecular weight is 461 g/mol. The fraction of sp³-hybridized carbons (Fsp3) is 0.400. The summed E-state index contributed by atoms with van der Waals surface area (Å²) in [5.41, 5.74) is 0.771. The van der Waals surface area contributed by atoms with Crippen molar-refractivity contribution in [3.63, 3.8) is 0 Å². The maximum Gasteiger partial charge on any atom is 0.322 e. The molecular formula is C20H20N4O3S3. The van der Waals surface area contributed by atoms with Gasteiger partial charge in [0.15, 0.2) is 5.11 Å². The van der Waals surface area contributed by atoms with Crippen LogP contribution in [0.2, 0.25) is 0 Å². The molecule has 2 aliphatic heterocycles. The van der Waals surface area contributed by atoms with Gasteiger partial charge in [-0.05, 0) is 73.6 Å². The fourth-order valence-corrected chi connectivity index (χ4v) is 7.11. The van der Waals surface area contributed by atoms with Crippen molar-refractivity contribution in [2.45, 2.75) is 49.6 Å². The molecule has 7 nitrogen and oxygen atoms in total. The minimum Gasteiger partial charge on any atom is -0.344 e. The summed E-state index contributed by atoms with van der Waals surface area (Å²) >= 11 is 8.40. The number of aryl methyl sites for hydroxylation is 2. The van der Waals surface area contributed by atoms with Gasteiger partial charge in [0.2, 0.25) is 0 Å². The van der Waals surface area contributed by atoms with E-state index in [0.717, 1.165) is 43.2 Å². The molecule has 4 heterocycles. The first-order chi connectivity index (χ1) is 14.4. The zero-order valence-corrected chi connectivity index (χ0v) is 18.5. The molecule has 2 aliphatic carbocycles. The molecule has 0 aromatic carbocycles. The highest BCUT2D eigenvalue weighted by Gasteiger charge is 2.50. The highest BCUT2D eigenvalue weighted by atomic mass is 32.1. The van der Waals surface area contributed by atoms with Crippen LogP contribution in [-0.2, 0) is 33.5 Å². The third-order valence-electron chi connectivity index (χ3n) is 6.20. The van der Waals surface area contributed by atoms with E-state index >= 15 is 0 Å². The topological polar surface area (TPSA) is 99.3 Å². The number of amides is 4. The number of rotatable bonds is 0. The SMILES string of the molecule is O=C1NC(=O)C2(CCCc3sccc32)N1.O=C1NC(=S)NC12CCCc1sccc12. The predicted octanol–water partition coefficient (Wildman–Crippen LogP) is 2.40. The van der Waals surface area contributed by atoms with Gasteiger partial charge in [-0.2, -0.15) is 0 Å². The lowest BCUT2D eigenvalue weighted by Crippen LogP contribution is -2.45. The average Bonchev–Trinajstić information content (AvgIpc) is 3.46. The Morgan fingerprint density at radius 1 is 0.800 bits per heavy atom. The highest BCUT2D eigenvalue weighted by Crippen LogP contribution is 2.41. The third kappa shape index (κ3) is 2.89. The molecule has 0 bridgehead atoms. The number of carbonyl (C=O) groups is 3. The highest BCUT2D eigenvalue weighted by molar-refractivity contribution is 7.80. The number of fused-ring (bicyclic) bond motifs is 4. The Morgan fingerprint density at radius 2 is 1.33 bits per heavy atom. The van der Waals surface area contributed by atoms with Crippen molar-refractivity contribution < 1.29 is 14.4 Å². The van der Waals surface area contributed by atoms with Crippen LogP contribution in [-0.4, -0.2) is 23.0 Å². The Balaban J connectivity index is 0.000000128. The van der Waals surface area contributed by atoms with Crippen molar-refractivity contribution in [1.29, 1.82) is 0 Å². The fourth-order valence-electron chi connectivity index (χ4n) is 4.84. The predicted molar refractivity (Wildman–Crippen MR) is 118 cm³/mol. The quantitative estimate of drug-likeness (QED) is 0.357. The van der Waals surface area contributed by atoms with Crippen LogP contribution in [0.1, 0.15) is 46.6 Å². The Kier molecular flexibility index (Phi) is 4.68. The van der Waals surface area contributed by atoms with E-state index in [9.17, 15) is 14.4 Å². The lowest BCUT2D eigenvalue weighted by Gasteiger charge is -2.30. The van der Waals surface area contributed by atoms with Crippen molar-refractivity contribution in [1.82, 2.24) is 21.3 Å². The number of urea groups is 1. The first kappa shape index (κ1) is 19.7. The van der Waals surface area contributed by atoms with Crippen LogP contribution in [0.3, 0.4) is 0 Å². The molecule has 2 atom stereocenters. The van der Waals surface area contributed by atoms with Gasteiger partial charge in [0.25, 0.3) is 11.8 Å². The van der Waals surface area contributed by atoms with E-state index in [0.29, 0.717) is 11.5 Å². The smallest absolute Gasteiger partial charge is 0.322 e. The van der Waals surface area contributed by atoms with E-state index in [2.05, 4.69) is 21.3 Å². The van der Waals surface area contributed by atoms with Gasteiger partial charge in [-0.1, -0.05) is 0 Å². The Bertz CT molecular complexity index is 993. The maximum absolute atomic E-state index is 12.0. The van der Waals surface area contributed by atoms with Crippen molar-refractivity contribution in [2.75, 3.05) is 0 Å². The molecule has 2 aromatic rings. The summed E-state index contributed by atoms with van der Waals surface area (Å²) in [6.45, 7) is 0. The van der Waals surface area contributed by atoms with Gasteiger partial charge in [0.1, 0.15) is 11.1 Å². The number of carbonyl (C=O) groups excluding carboxylic acids is 3. The van der Waals surface area contributed by atoms with Gasteiger partial charge in [0.05, 0.1) is 0 Å². The molecule has 30 heavy (non-hydrogen) atoms. The zero-order chi connectivity index (χ0) is 20.9. The number of thiocarbonyl (C=S) groups is 1. The molecule has 2 aromatic heterocycles. The normalized spacial score (nSPS) is 28.8. The van der Waals surface area contributed by atoms with Crippen molar-refractivity contribution in [3.8, 4) is 0 Å². The van der Waals surface area contributed by atoms with Crippen LogP contribution >= 0.6 is 34.9 Å². The summed E-state index contributed by atoms with van der Waals surface area (Å²) in [7, 11) is 0. The van der Waals surface area contributed by atoms with Gasteiger partial charge < -0.3 is 16.0 Å². The monoisotopic (exact) mass is 460 g/mol. The maximum atomic E-state index is 12.0. The van der Waals surface area contributed by atoms with E-state index in [1.807, 2.05) is 22.9 Å². The van der Waals surface area contributed by atoms with Crippen molar-refractivity contribution in [3.05, 3.63) is 43.8 Å². The van der Waals surface area contributed by atoms with E-state index in [-0.39, 0.29) is 17.8 Å². The first-order valence-electron chi connectivity index (χ1n) is 9.85. The van der Waals surface area contributed by atoms with Crippen molar-refractivity contribution in [2.24, 2.45) is 0 Å². The molecule has 4 N–H and O–H groups in total. The summed E-state index contributed by atoms with van der Waals surface area (Å²) in [6.07, 6.45) is 5.61. The van der Waals surface area contributed by atoms with Crippen LogP contribution in [0.4, 0.5) is 4.79 Å². The van der Waals surface area contributed by atoms with Crippen LogP contribution in [0, 0.1) is 0 Å². The molecular weight excluding hydrogens is 440 g/mol. The van der Waals surface area contributed by atoms with Gasteiger partial charge >= 0.3 is 6.03 Å². The lowest BCUT2D eigenvalue weighted by molar-refractivity contribution is -0.125. The second-order valence-electron chi connectivity index (χ2n) is 7.85. The molecule has 4 amide bonds. The Hall–Kier alpha value is -2.30. The number of nitrogens with one attached hydrogen (secondary N) is 4. The van der Waals surface area contributed by atoms with Crippen molar-refractivity contribution >= 4 is 57.8 Å². The van der Waals surface area contributed by atoms with Gasteiger partial charge in [-0.15, -0.1) is 22.7 Å². The summed E-state index contributed by atoms with van der Waals surface area (Å²) in [5.74, 6) is -0.196. The number of hydrogen-bond donors (Lipinski definition) is 4. The minimum absolute atomic E-state index is 0.00634. The van der Waals surface area contributed by atoms with Gasteiger partial charge in [-0.3, -0.25) is 14.9 Å². The summed E-state index contributed by atoms with van der Waals surface area (Å²) in [5, 5.41) is 15.4. The van der Waals surface area contributed by atoms with E-state index in [1.54, 1.807) is 22.7 Å². The van der Waals surface area contributed by atoms with E-state index < -0.39 is 11.1 Å². The zero-order valence-electron chi connectivity index (χ0n) is 16.0. The largest absolute Gasteiger partial charge is 0.344 e. The third-order valence-corrected chi connectivity index (χ3v) is 8.37. The summed E-state index contributed by atoms with van der Waals surface area (Å²) < 4.78 is 0.